The number of hydrogen-bond donors (Lipinski definition) is 2. The molecule has 3 heteroatoms. The monoisotopic (exact) mass is 322 g/mol. The standard InChI is InChI=1S/C22H15BO2/c24-23(25)21-11-5-10-19-17(21)12-13-20-16-8-2-1-6-14(16)15-7-3-4-9-18(15)22(19)20/h1-13,24-25H. The molecule has 5 aromatic carbocycles. The molecule has 2 N–H and O–H groups in total. The third-order valence-corrected chi connectivity index (χ3v) is 5.08. The first-order valence-corrected chi connectivity index (χ1v) is 8.36. The largest absolute Gasteiger partial charge is 0.489 e. The van der Waals surface area contributed by atoms with Gasteiger partial charge in [-0.05, 0) is 48.6 Å². The molecule has 25 heavy (non-hydrogen) atoms. The SMILES string of the molecule is OB(O)c1cccc2c1ccc1c3ccccc3c3ccccc3c21. The van der Waals surface area contributed by atoms with Crippen molar-refractivity contribution in [1.29, 1.82) is 0 Å². The van der Waals surface area contributed by atoms with E-state index >= 15 is 0 Å². The molecule has 0 fully saturated rings. The number of rotatable bonds is 1. The topological polar surface area (TPSA) is 40.5 Å². The highest BCUT2D eigenvalue weighted by Crippen LogP contribution is 2.38. The minimum absolute atomic E-state index is 0.539. The zero-order valence-corrected chi connectivity index (χ0v) is 13.5. The summed E-state index contributed by atoms with van der Waals surface area (Å²) in [5.41, 5.74) is 0.539. The van der Waals surface area contributed by atoms with Crippen molar-refractivity contribution in [2.45, 2.75) is 0 Å². The zero-order valence-electron chi connectivity index (χ0n) is 13.5. The highest BCUT2D eigenvalue weighted by atomic mass is 16.4. The van der Waals surface area contributed by atoms with E-state index in [-0.39, 0.29) is 0 Å². The van der Waals surface area contributed by atoms with Crippen molar-refractivity contribution in [3.63, 3.8) is 0 Å². The molecule has 0 radical (unpaired) electrons. The first kappa shape index (κ1) is 14.5. The summed E-state index contributed by atoms with van der Waals surface area (Å²) >= 11 is 0. The van der Waals surface area contributed by atoms with Crippen LogP contribution < -0.4 is 5.46 Å². The van der Waals surface area contributed by atoms with E-state index in [9.17, 15) is 10.0 Å². The van der Waals surface area contributed by atoms with Gasteiger partial charge in [-0.3, -0.25) is 0 Å². The van der Waals surface area contributed by atoms with E-state index in [4.69, 9.17) is 0 Å². The normalized spacial score (nSPS) is 11.6. The molecule has 118 valence electrons. The Morgan fingerprint density at radius 2 is 0.880 bits per heavy atom. The van der Waals surface area contributed by atoms with Gasteiger partial charge >= 0.3 is 7.12 Å². The number of hydrogen-bond acceptors (Lipinski definition) is 2. The van der Waals surface area contributed by atoms with E-state index in [1.165, 1.54) is 26.9 Å². The van der Waals surface area contributed by atoms with Crippen LogP contribution in [0.15, 0.2) is 78.9 Å². The molecule has 0 heterocycles. The highest BCUT2D eigenvalue weighted by Gasteiger charge is 2.17. The predicted octanol–water partition coefficient (Wildman–Crippen LogP) is 3.98. The molecule has 0 bridgehead atoms. The van der Waals surface area contributed by atoms with Gasteiger partial charge in [0.25, 0.3) is 0 Å². The Balaban J connectivity index is 2.14. The van der Waals surface area contributed by atoms with Crippen LogP contribution in [-0.4, -0.2) is 17.2 Å². The van der Waals surface area contributed by atoms with Crippen LogP contribution in [0.3, 0.4) is 0 Å². The van der Waals surface area contributed by atoms with Gasteiger partial charge in [-0.25, -0.2) is 0 Å². The highest BCUT2D eigenvalue weighted by molar-refractivity contribution is 6.62. The second-order valence-electron chi connectivity index (χ2n) is 6.40. The lowest BCUT2D eigenvalue weighted by Gasteiger charge is -2.14. The minimum Gasteiger partial charge on any atom is -0.423 e. The Hall–Kier alpha value is -2.88. The lowest BCUT2D eigenvalue weighted by molar-refractivity contribution is 0.426. The van der Waals surface area contributed by atoms with E-state index < -0.39 is 7.12 Å². The van der Waals surface area contributed by atoms with Crippen molar-refractivity contribution in [3.8, 4) is 0 Å². The molecule has 0 saturated carbocycles. The van der Waals surface area contributed by atoms with E-state index in [1.807, 2.05) is 12.1 Å². The molecule has 0 aromatic heterocycles. The van der Waals surface area contributed by atoms with E-state index in [0.717, 1.165) is 16.2 Å². The van der Waals surface area contributed by atoms with Crippen molar-refractivity contribution in [2.75, 3.05) is 0 Å². The summed E-state index contributed by atoms with van der Waals surface area (Å²) in [6.45, 7) is 0. The molecule has 5 rings (SSSR count). The van der Waals surface area contributed by atoms with Gasteiger partial charge in [0.05, 0.1) is 0 Å². The predicted molar refractivity (Wildman–Crippen MR) is 106 cm³/mol. The first-order chi connectivity index (χ1) is 12.3. The van der Waals surface area contributed by atoms with Crippen LogP contribution in [0.25, 0.3) is 43.1 Å². The van der Waals surface area contributed by atoms with Crippen molar-refractivity contribution < 1.29 is 10.0 Å². The van der Waals surface area contributed by atoms with Crippen LogP contribution >= 0.6 is 0 Å². The Kier molecular flexibility index (Phi) is 3.08. The summed E-state index contributed by atoms with van der Waals surface area (Å²) in [7, 11) is -1.48. The van der Waals surface area contributed by atoms with Gasteiger partial charge in [-0.15, -0.1) is 0 Å². The Bertz CT molecular complexity index is 1240. The van der Waals surface area contributed by atoms with Gasteiger partial charge in [0, 0.05) is 0 Å². The summed E-state index contributed by atoms with van der Waals surface area (Å²) in [6.07, 6.45) is 0. The fraction of sp³-hybridized carbons (Fsp3) is 0. The molecule has 2 nitrogen and oxygen atoms in total. The molecule has 5 aromatic rings. The molecule has 0 aliphatic rings. The molecular formula is C22H15BO2. The van der Waals surface area contributed by atoms with Crippen molar-refractivity contribution in [1.82, 2.24) is 0 Å². The quantitative estimate of drug-likeness (QED) is 0.362. The van der Waals surface area contributed by atoms with Gasteiger partial charge in [0.1, 0.15) is 0 Å². The summed E-state index contributed by atoms with van der Waals surface area (Å²) in [5, 5.41) is 28.6. The minimum atomic E-state index is -1.48. The number of benzene rings is 5. The maximum absolute atomic E-state index is 9.73. The maximum atomic E-state index is 9.73. The Labute approximate surface area is 145 Å². The zero-order chi connectivity index (χ0) is 17.0. The molecule has 0 atom stereocenters. The molecule has 0 aliphatic heterocycles. The average Bonchev–Trinajstić information content (AvgIpc) is 2.67. The van der Waals surface area contributed by atoms with Gasteiger partial charge < -0.3 is 10.0 Å². The van der Waals surface area contributed by atoms with Gasteiger partial charge in [-0.2, -0.15) is 0 Å². The molecule has 0 unspecified atom stereocenters. The molecule has 0 aliphatic carbocycles. The van der Waals surface area contributed by atoms with Crippen molar-refractivity contribution in [2.24, 2.45) is 0 Å². The third-order valence-electron chi connectivity index (χ3n) is 5.08. The van der Waals surface area contributed by atoms with Crippen molar-refractivity contribution in [3.05, 3.63) is 78.9 Å². The Morgan fingerprint density at radius 3 is 1.52 bits per heavy atom. The van der Waals surface area contributed by atoms with Crippen LogP contribution in [0.4, 0.5) is 0 Å². The Morgan fingerprint density at radius 1 is 0.440 bits per heavy atom. The van der Waals surface area contributed by atoms with Crippen LogP contribution in [0.2, 0.25) is 0 Å². The fourth-order valence-corrected chi connectivity index (χ4v) is 4.01. The van der Waals surface area contributed by atoms with Gasteiger partial charge in [0.15, 0.2) is 0 Å². The molecule has 0 spiro atoms. The second kappa shape index (κ2) is 5.31. The summed E-state index contributed by atoms with van der Waals surface area (Å²) in [5.74, 6) is 0. The summed E-state index contributed by atoms with van der Waals surface area (Å²) in [4.78, 5) is 0. The van der Waals surface area contributed by atoms with Gasteiger partial charge in [0.2, 0.25) is 0 Å². The fourth-order valence-electron chi connectivity index (χ4n) is 4.01. The molecule has 0 amide bonds. The summed E-state index contributed by atoms with van der Waals surface area (Å²) < 4.78 is 0. The number of fused-ring (bicyclic) bond motifs is 8. The molecule has 0 saturated heterocycles. The van der Waals surface area contributed by atoms with E-state index in [2.05, 4.69) is 60.7 Å². The smallest absolute Gasteiger partial charge is 0.423 e. The maximum Gasteiger partial charge on any atom is 0.489 e. The average molecular weight is 322 g/mol. The molecular weight excluding hydrogens is 307 g/mol. The lowest BCUT2D eigenvalue weighted by Crippen LogP contribution is -2.30. The van der Waals surface area contributed by atoms with Crippen LogP contribution in [0.5, 0.6) is 0 Å². The van der Waals surface area contributed by atoms with Crippen LogP contribution in [0.1, 0.15) is 0 Å². The van der Waals surface area contributed by atoms with Crippen LogP contribution in [-0.2, 0) is 0 Å². The third kappa shape index (κ3) is 2.00. The van der Waals surface area contributed by atoms with E-state index in [0.29, 0.717) is 5.46 Å². The summed E-state index contributed by atoms with van der Waals surface area (Å²) in [6, 6.07) is 26.7. The van der Waals surface area contributed by atoms with Gasteiger partial charge in [-0.1, -0.05) is 78.9 Å². The van der Waals surface area contributed by atoms with Crippen LogP contribution in [0, 0.1) is 0 Å². The van der Waals surface area contributed by atoms with Crippen molar-refractivity contribution >= 4 is 55.7 Å². The second-order valence-corrected chi connectivity index (χ2v) is 6.40. The first-order valence-electron chi connectivity index (χ1n) is 8.36. The van der Waals surface area contributed by atoms with E-state index in [1.54, 1.807) is 6.07 Å². The lowest BCUT2D eigenvalue weighted by atomic mass is 9.76.